The van der Waals surface area contributed by atoms with Crippen LogP contribution in [0.5, 0.6) is 11.5 Å². The number of rotatable bonds is 6. The molecule has 0 unspecified atom stereocenters. The Morgan fingerprint density at radius 1 is 0.968 bits per heavy atom. The van der Waals surface area contributed by atoms with E-state index in [1.54, 1.807) is 14.2 Å². The lowest BCUT2D eigenvalue weighted by Crippen LogP contribution is -2.36. The number of nitrogens with zero attached hydrogens (tertiary/aromatic N) is 3. The highest BCUT2D eigenvalue weighted by atomic mass is 16.5. The number of aromatic nitrogens is 3. The Kier molecular flexibility index (Phi) is 5.50. The fraction of sp³-hybridized carbons (Fsp3) is 0.292. The largest absolute Gasteiger partial charge is 0.493 e. The zero-order valence-corrected chi connectivity index (χ0v) is 18.1. The molecule has 7 heteroatoms. The van der Waals surface area contributed by atoms with Gasteiger partial charge in [0.25, 0.3) is 5.56 Å². The number of benzene rings is 2. The standard InChI is InChI=1S/C24H25N3O4/c1-5-6-12-27-17-14-19(31-4)18(30-3)13-16(17)20(15-10-8-7-9-11-15)21-22(27)25-24(29)26(2)23(21)28/h7-11,13-14H,5-6,12H2,1-4H3. The molecule has 31 heavy (non-hydrogen) atoms. The Hall–Kier alpha value is -3.61. The van der Waals surface area contributed by atoms with E-state index in [-0.39, 0.29) is 5.56 Å². The third kappa shape index (κ3) is 3.36. The van der Waals surface area contributed by atoms with Gasteiger partial charge in [-0.05, 0) is 18.1 Å². The first-order valence-electron chi connectivity index (χ1n) is 10.3. The molecule has 0 atom stereocenters. The van der Waals surface area contributed by atoms with Crippen molar-refractivity contribution < 1.29 is 9.47 Å². The van der Waals surface area contributed by atoms with Crippen LogP contribution < -0.4 is 20.7 Å². The maximum absolute atomic E-state index is 13.3. The van der Waals surface area contributed by atoms with E-state index in [1.165, 1.54) is 7.05 Å². The number of hydrogen-bond acceptors (Lipinski definition) is 5. The Morgan fingerprint density at radius 3 is 2.29 bits per heavy atom. The van der Waals surface area contributed by atoms with Crippen LogP contribution in [-0.2, 0) is 13.6 Å². The van der Waals surface area contributed by atoms with Crippen molar-refractivity contribution >= 4 is 10.9 Å². The number of fused-ring (bicyclic) bond motifs is 2. The first-order valence-corrected chi connectivity index (χ1v) is 10.3. The summed E-state index contributed by atoms with van der Waals surface area (Å²) in [6, 6.07) is 13.4. The van der Waals surface area contributed by atoms with Gasteiger partial charge in [0.2, 0.25) is 0 Å². The molecular formula is C24H25N3O4. The maximum Gasteiger partial charge on any atom is 0.352 e. The summed E-state index contributed by atoms with van der Waals surface area (Å²) in [4.78, 5) is 30.1. The van der Waals surface area contributed by atoms with Gasteiger partial charge in [0, 0.05) is 30.6 Å². The van der Waals surface area contributed by atoms with Crippen LogP contribution in [-0.4, -0.2) is 28.3 Å². The minimum absolute atomic E-state index is 0.365. The van der Waals surface area contributed by atoms with Crippen molar-refractivity contribution in [1.82, 2.24) is 14.1 Å². The van der Waals surface area contributed by atoms with Crippen molar-refractivity contribution in [3.63, 3.8) is 0 Å². The number of aryl methyl sites for hydroxylation is 1. The van der Waals surface area contributed by atoms with Crippen LogP contribution in [0.15, 0.2) is 52.1 Å². The van der Waals surface area contributed by atoms with Crippen molar-refractivity contribution in [2.75, 3.05) is 14.2 Å². The van der Waals surface area contributed by atoms with E-state index in [2.05, 4.69) is 11.9 Å². The summed E-state index contributed by atoms with van der Waals surface area (Å²) in [5.41, 5.74) is 1.91. The highest BCUT2D eigenvalue weighted by Crippen LogP contribution is 2.42. The molecule has 160 valence electrons. The minimum Gasteiger partial charge on any atom is -0.493 e. The average molecular weight is 419 g/mol. The molecule has 0 bridgehead atoms. The second-order valence-corrected chi connectivity index (χ2v) is 7.43. The van der Waals surface area contributed by atoms with Gasteiger partial charge in [0.1, 0.15) is 0 Å². The SMILES string of the molecule is CCCCn1c2nc(=O)n(C)c(=O)c-2c(-c2ccccc2)c2cc(OC)c(OC)cc21. The van der Waals surface area contributed by atoms with Crippen LogP contribution in [0.25, 0.3) is 33.4 Å². The third-order valence-corrected chi connectivity index (χ3v) is 5.60. The molecule has 0 saturated heterocycles. The molecule has 0 amide bonds. The van der Waals surface area contributed by atoms with Crippen LogP contribution in [0.3, 0.4) is 0 Å². The van der Waals surface area contributed by atoms with Crippen molar-refractivity contribution in [1.29, 1.82) is 0 Å². The molecule has 2 aliphatic heterocycles. The van der Waals surface area contributed by atoms with Crippen LogP contribution >= 0.6 is 0 Å². The highest BCUT2D eigenvalue weighted by Gasteiger charge is 2.26. The topological polar surface area (TPSA) is 75.4 Å². The summed E-state index contributed by atoms with van der Waals surface area (Å²) in [5.74, 6) is 1.53. The van der Waals surface area contributed by atoms with E-state index in [0.29, 0.717) is 29.4 Å². The van der Waals surface area contributed by atoms with Gasteiger partial charge in [-0.1, -0.05) is 43.7 Å². The third-order valence-electron chi connectivity index (χ3n) is 5.60. The van der Waals surface area contributed by atoms with E-state index in [1.807, 2.05) is 47.0 Å². The lowest BCUT2D eigenvalue weighted by Gasteiger charge is -2.23. The lowest BCUT2D eigenvalue weighted by molar-refractivity contribution is 0.355. The Labute approximate surface area is 179 Å². The molecule has 0 aliphatic carbocycles. The highest BCUT2D eigenvalue weighted by molar-refractivity contribution is 6.04. The van der Waals surface area contributed by atoms with Gasteiger partial charge in [-0.3, -0.25) is 9.36 Å². The van der Waals surface area contributed by atoms with Crippen LogP contribution in [0.1, 0.15) is 19.8 Å². The molecule has 0 fully saturated rings. The molecule has 4 rings (SSSR count). The molecular weight excluding hydrogens is 394 g/mol. The molecule has 2 aromatic rings. The van der Waals surface area contributed by atoms with E-state index >= 15 is 0 Å². The summed E-state index contributed by atoms with van der Waals surface area (Å²) in [6.07, 6.45) is 1.83. The molecule has 7 nitrogen and oxygen atoms in total. The second-order valence-electron chi connectivity index (χ2n) is 7.43. The fourth-order valence-corrected chi connectivity index (χ4v) is 3.97. The molecule has 0 N–H and O–H groups in total. The maximum atomic E-state index is 13.3. The lowest BCUT2D eigenvalue weighted by atomic mass is 9.94. The van der Waals surface area contributed by atoms with Gasteiger partial charge < -0.3 is 14.0 Å². The van der Waals surface area contributed by atoms with Gasteiger partial charge in [-0.25, -0.2) is 4.79 Å². The zero-order valence-electron chi connectivity index (χ0n) is 18.1. The van der Waals surface area contributed by atoms with Gasteiger partial charge >= 0.3 is 5.69 Å². The summed E-state index contributed by atoms with van der Waals surface area (Å²) in [7, 11) is 4.63. The minimum atomic E-state index is -0.568. The summed E-state index contributed by atoms with van der Waals surface area (Å²) in [5, 5.41) is 0.838. The monoisotopic (exact) mass is 419 g/mol. The molecule has 2 aliphatic rings. The normalized spacial score (nSPS) is 11.2. The van der Waals surface area contributed by atoms with E-state index < -0.39 is 5.69 Å². The Bertz CT molecular complexity index is 1340. The smallest absolute Gasteiger partial charge is 0.352 e. The Balaban J connectivity index is 2.30. The molecule has 2 aromatic carbocycles. The van der Waals surface area contributed by atoms with E-state index in [0.717, 1.165) is 39.4 Å². The summed E-state index contributed by atoms with van der Waals surface area (Å²) < 4.78 is 14.1. The van der Waals surface area contributed by atoms with Crippen molar-refractivity contribution in [3.8, 4) is 34.0 Å². The predicted molar refractivity (Wildman–Crippen MR) is 121 cm³/mol. The molecule has 2 heterocycles. The summed E-state index contributed by atoms with van der Waals surface area (Å²) in [6.45, 7) is 2.71. The predicted octanol–water partition coefficient (Wildman–Crippen LogP) is 3.68. The molecule has 0 radical (unpaired) electrons. The van der Waals surface area contributed by atoms with Crippen molar-refractivity contribution in [2.24, 2.45) is 7.05 Å². The Morgan fingerprint density at radius 2 is 1.65 bits per heavy atom. The first kappa shape index (κ1) is 20.7. The fourth-order valence-electron chi connectivity index (χ4n) is 3.97. The van der Waals surface area contributed by atoms with E-state index in [4.69, 9.17) is 9.47 Å². The van der Waals surface area contributed by atoms with Gasteiger partial charge in [0.05, 0.1) is 25.3 Å². The molecule has 0 aromatic heterocycles. The molecule has 0 saturated carbocycles. The van der Waals surface area contributed by atoms with Crippen molar-refractivity contribution in [3.05, 3.63) is 63.3 Å². The van der Waals surface area contributed by atoms with Crippen LogP contribution in [0.4, 0.5) is 0 Å². The van der Waals surface area contributed by atoms with Gasteiger partial charge in [-0.2, -0.15) is 4.98 Å². The average Bonchev–Trinajstić information content (AvgIpc) is 2.80. The quantitative estimate of drug-likeness (QED) is 0.446. The first-order chi connectivity index (χ1) is 15.0. The number of methoxy groups -OCH3 is 2. The van der Waals surface area contributed by atoms with E-state index in [9.17, 15) is 9.59 Å². The number of unbranched alkanes of at least 4 members (excludes halogenated alkanes) is 1. The van der Waals surface area contributed by atoms with Crippen LogP contribution in [0, 0.1) is 0 Å². The zero-order chi connectivity index (χ0) is 22.1. The number of hydrogen-bond donors (Lipinski definition) is 0. The van der Waals surface area contributed by atoms with Crippen LogP contribution in [0.2, 0.25) is 0 Å². The van der Waals surface area contributed by atoms with Gasteiger partial charge in [0.15, 0.2) is 17.3 Å². The van der Waals surface area contributed by atoms with Gasteiger partial charge in [-0.15, -0.1) is 0 Å². The molecule has 0 spiro atoms. The number of ether oxygens (including phenoxy) is 2. The second kappa shape index (κ2) is 8.26. The van der Waals surface area contributed by atoms with Crippen molar-refractivity contribution in [2.45, 2.75) is 26.3 Å². The summed E-state index contributed by atoms with van der Waals surface area (Å²) >= 11 is 0. The number of pyridine rings is 1.